The molecule has 0 aromatic rings. The van der Waals surface area contributed by atoms with Gasteiger partial charge in [-0.15, -0.1) is 0 Å². The molecule has 2 saturated carbocycles. The highest BCUT2D eigenvalue weighted by Crippen LogP contribution is 2.52. The fraction of sp³-hybridized carbons (Fsp3) is 0.556. The Hall–Kier alpha value is -2.24. The number of ether oxygens (including phenoxy) is 1. The SMILES string of the molecule is O=C1NC(=O)[C@H]2[C@@H]1[C@@H]1C=C[C@H]2C1.O=C1OC(=O)[C@H]2[C@@H]1[C@@H]1C=C[C@H]2C1. The molecule has 4 aliphatic carbocycles. The number of hydrogen-bond acceptors (Lipinski definition) is 5. The number of rotatable bonds is 0. The van der Waals surface area contributed by atoms with Crippen molar-refractivity contribution in [3.8, 4) is 0 Å². The Morgan fingerprint density at radius 2 is 1.04 bits per heavy atom. The molecule has 124 valence electrons. The minimum Gasteiger partial charge on any atom is -0.393 e. The number of carbonyl (C=O) groups excluding carboxylic acids is 4. The number of esters is 2. The largest absolute Gasteiger partial charge is 0.393 e. The van der Waals surface area contributed by atoms with Crippen LogP contribution in [0, 0.1) is 47.3 Å². The van der Waals surface area contributed by atoms with E-state index < -0.39 is 0 Å². The van der Waals surface area contributed by atoms with Crippen molar-refractivity contribution in [2.75, 3.05) is 0 Å². The average molecular weight is 327 g/mol. The first kappa shape index (κ1) is 14.1. The Morgan fingerprint density at radius 3 is 1.46 bits per heavy atom. The maximum Gasteiger partial charge on any atom is 0.318 e. The number of fused-ring (bicyclic) bond motifs is 10. The van der Waals surface area contributed by atoms with Crippen LogP contribution in [0.15, 0.2) is 24.3 Å². The molecular formula is C18H17NO5. The van der Waals surface area contributed by atoms with Crippen LogP contribution in [0.4, 0.5) is 0 Å². The van der Waals surface area contributed by atoms with Crippen molar-refractivity contribution < 1.29 is 23.9 Å². The number of nitrogens with one attached hydrogen (secondary N) is 1. The normalized spacial score (nSPS) is 48.3. The predicted octanol–water partition coefficient (Wildman–Crippen LogP) is 0.589. The highest BCUT2D eigenvalue weighted by molar-refractivity contribution is 6.06. The molecular weight excluding hydrogens is 310 g/mol. The molecule has 2 aliphatic heterocycles. The van der Waals surface area contributed by atoms with Gasteiger partial charge < -0.3 is 4.74 Å². The molecule has 4 bridgehead atoms. The summed E-state index contributed by atoms with van der Waals surface area (Å²) in [5.41, 5.74) is 0. The molecule has 6 aliphatic rings. The first-order valence-electron chi connectivity index (χ1n) is 8.51. The molecule has 1 N–H and O–H groups in total. The van der Waals surface area contributed by atoms with Crippen LogP contribution >= 0.6 is 0 Å². The van der Waals surface area contributed by atoms with Crippen LogP contribution < -0.4 is 5.32 Å². The van der Waals surface area contributed by atoms with E-state index >= 15 is 0 Å². The van der Waals surface area contributed by atoms with E-state index in [4.69, 9.17) is 0 Å². The van der Waals surface area contributed by atoms with Crippen molar-refractivity contribution in [2.24, 2.45) is 47.3 Å². The number of allylic oxidation sites excluding steroid dienone is 4. The molecule has 2 amide bonds. The van der Waals surface area contributed by atoms with E-state index in [0.717, 1.165) is 12.8 Å². The molecule has 0 unspecified atom stereocenters. The van der Waals surface area contributed by atoms with E-state index in [1.165, 1.54) is 0 Å². The second-order valence-corrected chi connectivity index (χ2v) is 7.59. The van der Waals surface area contributed by atoms with Crippen LogP contribution in [0.1, 0.15) is 12.8 Å². The molecule has 6 heteroatoms. The standard InChI is InChI=1S/C9H9NO2.C9H8O3/c11-8-6-4-1-2-5(3-4)7(6)9(12)10-8;10-8-6-4-1-2-5(3-4)7(6)9(11)12-8/h1-2,4-7H,3H2,(H,10,11,12);1-2,4-7H,3H2/t2*4-,5+,6+,7-. The molecule has 0 aromatic heterocycles. The zero-order valence-corrected chi connectivity index (χ0v) is 12.9. The smallest absolute Gasteiger partial charge is 0.318 e. The average Bonchev–Trinajstić information content (AvgIpc) is 3.34. The Balaban J connectivity index is 0.000000109. The van der Waals surface area contributed by atoms with Gasteiger partial charge in [0.2, 0.25) is 11.8 Å². The lowest BCUT2D eigenvalue weighted by atomic mass is 9.85. The molecule has 8 atom stereocenters. The molecule has 4 fully saturated rings. The van der Waals surface area contributed by atoms with Gasteiger partial charge in [-0.2, -0.15) is 0 Å². The minimum absolute atomic E-state index is 0.0347. The fourth-order valence-corrected chi connectivity index (χ4v) is 5.53. The van der Waals surface area contributed by atoms with Gasteiger partial charge in [0.05, 0.1) is 23.7 Å². The van der Waals surface area contributed by atoms with Crippen molar-refractivity contribution in [1.29, 1.82) is 0 Å². The first-order chi connectivity index (χ1) is 11.5. The van der Waals surface area contributed by atoms with Gasteiger partial charge in [-0.25, -0.2) is 0 Å². The third-order valence-corrected chi connectivity index (χ3v) is 6.52. The predicted molar refractivity (Wildman–Crippen MR) is 79.7 cm³/mol. The lowest BCUT2D eigenvalue weighted by molar-refractivity contribution is -0.154. The molecule has 6 rings (SSSR count). The van der Waals surface area contributed by atoms with Crippen molar-refractivity contribution in [3.63, 3.8) is 0 Å². The summed E-state index contributed by atoms with van der Waals surface area (Å²) < 4.78 is 4.59. The molecule has 6 nitrogen and oxygen atoms in total. The van der Waals surface area contributed by atoms with Gasteiger partial charge in [0.1, 0.15) is 0 Å². The summed E-state index contributed by atoms with van der Waals surface area (Å²) in [5.74, 6) is 0.156. The Bertz CT molecular complexity index is 620. The molecule has 24 heavy (non-hydrogen) atoms. The van der Waals surface area contributed by atoms with Crippen LogP contribution in [0.3, 0.4) is 0 Å². The summed E-state index contributed by atoms with van der Waals surface area (Å²) in [7, 11) is 0. The third-order valence-electron chi connectivity index (χ3n) is 6.52. The third kappa shape index (κ3) is 1.71. The number of amides is 2. The van der Waals surface area contributed by atoms with Crippen molar-refractivity contribution in [2.45, 2.75) is 12.8 Å². The topological polar surface area (TPSA) is 89.5 Å². The summed E-state index contributed by atoms with van der Waals surface area (Å²) in [5, 5.41) is 2.40. The lowest BCUT2D eigenvalue weighted by Gasteiger charge is -2.14. The Kier molecular flexibility index (Phi) is 2.74. The zero-order valence-electron chi connectivity index (χ0n) is 12.9. The summed E-state index contributed by atoms with van der Waals surface area (Å²) >= 11 is 0. The van der Waals surface area contributed by atoms with E-state index in [1.54, 1.807) is 0 Å². The quantitative estimate of drug-likeness (QED) is 0.304. The summed E-state index contributed by atoms with van der Waals surface area (Å²) in [4.78, 5) is 44.9. The van der Waals surface area contributed by atoms with Gasteiger partial charge in [-0.1, -0.05) is 24.3 Å². The van der Waals surface area contributed by atoms with Crippen LogP contribution in [-0.4, -0.2) is 23.8 Å². The van der Waals surface area contributed by atoms with Crippen LogP contribution in [-0.2, 0) is 23.9 Å². The number of cyclic esters (lactones) is 2. The molecule has 2 saturated heterocycles. The van der Waals surface area contributed by atoms with E-state index in [-0.39, 0.29) is 59.3 Å². The van der Waals surface area contributed by atoms with E-state index in [2.05, 4.69) is 22.2 Å². The zero-order chi connectivity index (χ0) is 16.6. The van der Waals surface area contributed by atoms with Gasteiger partial charge >= 0.3 is 11.9 Å². The summed E-state index contributed by atoms with van der Waals surface area (Å²) in [6, 6.07) is 0. The highest BCUT2D eigenvalue weighted by Gasteiger charge is 2.58. The van der Waals surface area contributed by atoms with Gasteiger partial charge in [0.25, 0.3) is 0 Å². The van der Waals surface area contributed by atoms with Crippen LogP contribution in [0.25, 0.3) is 0 Å². The van der Waals surface area contributed by atoms with E-state index in [9.17, 15) is 19.2 Å². The monoisotopic (exact) mass is 327 g/mol. The molecule has 2 heterocycles. The number of imide groups is 1. The van der Waals surface area contributed by atoms with E-state index in [1.807, 2.05) is 12.2 Å². The maximum absolute atomic E-state index is 11.3. The van der Waals surface area contributed by atoms with E-state index in [0.29, 0.717) is 11.8 Å². The summed E-state index contributed by atoms with van der Waals surface area (Å²) in [6.45, 7) is 0. The Morgan fingerprint density at radius 1 is 0.667 bits per heavy atom. The Labute approximate surface area is 138 Å². The highest BCUT2D eigenvalue weighted by atomic mass is 16.6. The number of carbonyl (C=O) groups is 4. The molecule has 0 radical (unpaired) electrons. The minimum atomic E-state index is -0.304. The van der Waals surface area contributed by atoms with Crippen molar-refractivity contribution in [1.82, 2.24) is 5.32 Å². The maximum atomic E-state index is 11.3. The van der Waals surface area contributed by atoms with Gasteiger partial charge in [-0.05, 0) is 36.5 Å². The van der Waals surface area contributed by atoms with Crippen LogP contribution in [0.2, 0.25) is 0 Å². The van der Waals surface area contributed by atoms with Gasteiger partial charge in [0.15, 0.2) is 0 Å². The summed E-state index contributed by atoms with van der Waals surface area (Å²) in [6.07, 6.45) is 10.2. The van der Waals surface area contributed by atoms with Crippen molar-refractivity contribution in [3.05, 3.63) is 24.3 Å². The number of hydrogen-bond donors (Lipinski definition) is 1. The van der Waals surface area contributed by atoms with Gasteiger partial charge in [0, 0.05) is 0 Å². The second-order valence-electron chi connectivity index (χ2n) is 7.59. The second kappa shape index (κ2) is 4.65. The molecule has 0 aromatic carbocycles. The fourth-order valence-electron chi connectivity index (χ4n) is 5.53. The molecule has 0 spiro atoms. The first-order valence-corrected chi connectivity index (χ1v) is 8.51. The van der Waals surface area contributed by atoms with Crippen molar-refractivity contribution >= 4 is 23.8 Å². The van der Waals surface area contributed by atoms with Gasteiger partial charge in [-0.3, -0.25) is 24.5 Å². The van der Waals surface area contributed by atoms with Crippen LogP contribution in [0.5, 0.6) is 0 Å². The lowest BCUT2D eigenvalue weighted by Crippen LogP contribution is -2.25.